The van der Waals surface area contributed by atoms with Gasteiger partial charge in [0.25, 0.3) is 0 Å². The molecule has 0 saturated carbocycles. The number of carbonyl (C=O) groups is 1. The predicted octanol–water partition coefficient (Wildman–Crippen LogP) is 2.10. The molecule has 0 N–H and O–H groups in total. The van der Waals surface area contributed by atoms with Crippen LogP contribution in [0.25, 0.3) is 0 Å². The maximum Gasteiger partial charge on any atom is 0.159 e. The SMILES string of the molecule is C#CCC(=O)Cc1ccc(F)c(F)c1. The largest absolute Gasteiger partial charge is 0.298 e. The summed E-state index contributed by atoms with van der Waals surface area (Å²) in [5.41, 5.74) is 0.434. The molecule has 0 bridgehead atoms. The van der Waals surface area contributed by atoms with E-state index in [0.717, 1.165) is 12.1 Å². The molecule has 0 aromatic heterocycles. The van der Waals surface area contributed by atoms with E-state index in [4.69, 9.17) is 6.42 Å². The lowest BCUT2D eigenvalue weighted by Gasteiger charge is -1.99. The van der Waals surface area contributed by atoms with E-state index in [1.807, 2.05) is 0 Å². The monoisotopic (exact) mass is 194 g/mol. The lowest BCUT2D eigenvalue weighted by atomic mass is 10.1. The average Bonchev–Trinajstić information content (AvgIpc) is 2.12. The van der Waals surface area contributed by atoms with Gasteiger partial charge in [0.1, 0.15) is 5.78 Å². The number of ketones is 1. The molecule has 1 aromatic carbocycles. The Morgan fingerprint density at radius 1 is 1.36 bits per heavy atom. The van der Waals surface area contributed by atoms with Gasteiger partial charge in [-0.1, -0.05) is 12.0 Å². The van der Waals surface area contributed by atoms with Gasteiger partial charge >= 0.3 is 0 Å². The minimum atomic E-state index is -0.948. The molecule has 0 aliphatic rings. The third-order valence-electron chi connectivity index (χ3n) is 1.68. The van der Waals surface area contributed by atoms with Crippen molar-refractivity contribution in [3.05, 3.63) is 35.4 Å². The molecule has 3 heteroatoms. The fourth-order valence-corrected chi connectivity index (χ4v) is 1.05. The summed E-state index contributed by atoms with van der Waals surface area (Å²) in [6, 6.07) is 3.37. The molecular weight excluding hydrogens is 186 g/mol. The number of Topliss-reactive ketones (excluding diaryl/α,β-unsaturated/α-hetero) is 1. The Morgan fingerprint density at radius 3 is 2.64 bits per heavy atom. The van der Waals surface area contributed by atoms with E-state index in [-0.39, 0.29) is 18.6 Å². The van der Waals surface area contributed by atoms with Gasteiger partial charge < -0.3 is 0 Å². The molecule has 0 atom stereocenters. The van der Waals surface area contributed by atoms with Gasteiger partial charge in [-0.3, -0.25) is 4.79 Å². The molecule has 0 aliphatic carbocycles. The van der Waals surface area contributed by atoms with Crippen LogP contribution in [-0.4, -0.2) is 5.78 Å². The van der Waals surface area contributed by atoms with Gasteiger partial charge in [-0.2, -0.15) is 0 Å². The molecule has 0 saturated heterocycles. The van der Waals surface area contributed by atoms with Crippen molar-refractivity contribution in [3.8, 4) is 12.3 Å². The van der Waals surface area contributed by atoms with E-state index in [0.29, 0.717) is 5.56 Å². The zero-order valence-corrected chi connectivity index (χ0v) is 7.39. The molecule has 0 heterocycles. The van der Waals surface area contributed by atoms with Crippen molar-refractivity contribution < 1.29 is 13.6 Å². The molecule has 0 unspecified atom stereocenters. The maximum atomic E-state index is 12.7. The molecule has 0 aliphatic heterocycles. The fraction of sp³-hybridized carbons (Fsp3) is 0.182. The van der Waals surface area contributed by atoms with Gasteiger partial charge in [0.05, 0.1) is 6.42 Å². The van der Waals surface area contributed by atoms with E-state index in [1.54, 1.807) is 0 Å². The van der Waals surface area contributed by atoms with Crippen molar-refractivity contribution in [3.63, 3.8) is 0 Å². The molecule has 14 heavy (non-hydrogen) atoms. The highest BCUT2D eigenvalue weighted by molar-refractivity contribution is 5.82. The first-order valence-electron chi connectivity index (χ1n) is 4.02. The Labute approximate surface area is 80.7 Å². The Hall–Kier alpha value is -1.69. The maximum absolute atomic E-state index is 12.7. The van der Waals surface area contributed by atoms with Crippen LogP contribution in [0, 0.1) is 24.0 Å². The van der Waals surface area contributed by atoms with Gasteiger partial charge in [-0.15, -0.1) is 6.42 Å². The van der Waals surface area contributed by atoms with E-state index in [9.17, 15) is 13.6 Å². The summed E-state index contributed by atoms with van der Waals surface area (Å²) in [7, 11) is 0. The summed E-state index contributed by atoms with van der Waals surface area (Å²) >= 11 is 0. The van der Waals surface area contributed by atoms with E-state index in [1.165, 1.54) is 6.07 Å². The van der Waals surface area contributed by atoms with Crippen LogP contribution in [0.2, 0.25) is 0 Å². The second kappa shape index (κ2) is 4.52. The summed E-state index contributed by atoms with van der Waals surface area (Å²) < 4.78 is 25.2. The molecular formula is C11H8F2O. The highest BCUT2D eigenvalue weighted by atomic mass is 19.2. The number of rotatable bonds is 3. The van der Waals surface area contributed by atoms with Crippen LogP contribution in [0.1, 0.15) is 12.0 Å². The predicted molar refractivity (Wildman–Crippen MR) is 48.5 cm³/mol. The second-order valence-electron chi connectivity index (χ2n) is 2.84. The first kappa shape index (κ1) is 10.4. The molecule has 1 rings (SSSR count). The number of hydrogen-bond donors (Lipinski definition) is 0. The van der Waals surface area contributed by atoms with Crippen LogP contribution >= 0.6 is 0 Å². The summed E-state index contributed by atoms with van der Waals surface area (Å²) in [6.45, 7) is 0. The van der Waals surface area contributed by atoms with Crippen LogP contribution in [0.15, 0.2) is 18.2 Å². The number of hydrogen-bond acceptors (Lipinski definition) is 1. The lowest BCUT2D eigenvalue weighted by molar-refractivity contribution is -0.117. The highest BCUT2D eigenvalue weighted by Crippen LogP contribution is 2.09. The molecule has 0 radical (unpaired) electrons. The lowest BCUT2D eigenvalue weighted by Crippen LogP contribution is -2.01. The van der Waals surface area contributed by atoms with Gasteiger partial charge in [-0.05, 0) is 17.7 Å². The van der Waals surface area contributed by atoms with Gasteiger partial charge in [0, 0.05) is 6.42 Å². The molecule has 0 spiro atoms. The first-order valence-corrected chi connectivity index (χ1v) is 4.02. The Kier molecular flexibility index (Phi) is 3.35. The molecule has 0 fully saturated rings. The average molecular weight is 194 g/mol. The van der Waals surface area contributed by atoms with Crippen molar-refractivity contribution in [1.82, 2.24) is 0 Å². The quantitative estimate of drug-likeness (QED) is 0.673. The minimum Gasteiger partial charge on any atom is -0.298 e. The third-order valence-corrected chi connectivity index (χ3v) is 1.68. The summed E-state index contributed by atoms with van der Waals surface area (Å²) in [6.07, 6.45) is 4.99. The Bertz CT molecular complexity index is 391. The van der Waals surface area contributed by atoms with Crippen LogP contribution in [0.5, 0.6) is 0 Å². The number of carbonyl (C=O) groups excluding carboxylic acids is 1. The molecule has 1 nitrogen and oxygen atoms in total. The number of terminal acetylenes is 1. The topological polar surface area (TPSA) is 17.1 Å². The van der Waals surface area contributed by atoms with E-state index < -0.39 is 11.6 Å². The van der Waals surface area contributed by atoms with Gasteiger partial charge in [0.15, 0.2) is 11.6 Å². The second-order valence-corrected chi connectivity index (χ2v) is 2.84. The summed E-state index contributed by atoms with van der Waals surface area (Å²) in [5, 5.41) is 0. The van der Waals surface area contributed by atoms with Crippen molar-refractivity contribution in [2.24, 2.45) is 0 Å². The van der Waals surface area contributed by atoms with Crippen molar-refractivity contribution in [1.29, 1.82) is 0 Å². The van der Waals surface area contributed by atoms with Gasteiger partial charge in [0.2, 0.25) is 0 Å². The normalized spacial score (nSPS) is 9.50. The zero-order chi connectivity index (χ0) is 10.6. The smallest absolute Gasteiger partial charge is 0.159 e. The van der Waals surface area contributed by atoms with Crippen LogP contribution in [0.3, 0.4) is 0 Å². The van der Waals surface area contributed by atoms with Crippen molar-refractivity contribution >= 4 is 5.78 Å². The van der Waals surface area contributed by atoms with Crippen LogP contribution < -0.4 is 0 Å². The number of benzene rings is 1. The van der Waals surface area contributed by atoms with Crippen molar-refractivity contribution in [2.75, 3.05) is 0 Å². The van der Waals surface area contributed by atoms with Crippen LogP contribution in [0.4, 0.5) is 8.78 Å². The third kappa shape index (κ3) is 2.67. The Balaban J connectivity index is 2.74. The van der Waals surface area contributed by atoms with Crippen LogP contribution in [-0.2, 0) is 11.2 Å². The number of halogens is 2. The summed E-state index contributed by atoms with van der Waals surface area (Å²) in [4.78, 5) is 11.0. The Morgan fingerprint density at radius 2 is 2.07 bits per heavy atom. The standard InChI is InChI=1S/C11H8F2O/c1-2-3-9(14)6-8-4-5-10(12)11(13)7-8/h1,4-5,7H,3,6H2. The fourth-order valence-electron chi connectivity index (χ4n) is 1.05. The van der Waals surface area contributed by atoms with E-state index in [2.05, 4.69) is 5.92 Å². The molecule has 0 amide bonds. The zero-order valence-electron chi connectivity index (χ0n) is 7.39. The molecule has 72 valence electrons. The minimum absolute atomic E-state index is 0.0129. The van der Waals surface area contributed by atoms with Gasteiger partial charge in [-0.25, -0.2) is 8.78 Å². The van der Waals surface area contributed by atoms with Crippen molar-refractivity contribution in [2.45, 2.75) is 12.8 Å². The summed E-state index contributed by atoms with van der Waals surface area (Å²) in [5.74, 6) is 0.148. The highest BCUT2D eigenvalue weighted by Gasteiger charge is 2.05. The first-order chi connectivity index (χ1) is 6.63. The molecule has 1 aromatic rings. The van der Waals surface area contributed by atoms with E-state index >= 15 is 0 Å².